The Hall–Kier alpha value is -1.34. The lowest BCUT2D eigenvalue weighted by atomic mass is 9.45. The van der Waals surface area contributed by atoms with Crippen LogP contribution in [0.1, 0.15) is 31.0 Å². The molecule has 1 aliphatic carbocycles. The van der Waals surface area contributed by atoms with Crippen LogP contribution in [0.4, 0.5) is 0 Å². The molecule has 1 saturated carbocycles. The summed E-state index contributed by atoms with van der Waals surface area (Å²) in [6.45, 7) is 6.74. The summed E-state index contributed by atoms with van der Waals surface area (Å²) in [5.41, 5.74) is 2.05. The molecule has 2 N–H and O–H groups in total. The van der Waals surface area contributed by atoms with Gasteiger partial charge in [0, 0.05) is 12.5 Å². The van der Waals surface area contributed by atoms with E-state index in [9.17, 15) is 0 Å². The minimum absolute atomic E-state index is 0.279. The predicted molar refractivity (Wildman–Crippen MR) is 59.7 cm³/mol. The highest BCUT2D eigenvalue weighted by atomic mass is 15.1. The van der Waals surface area contributed by atoms with E-state index in [1.165, 1.54) is 0 Å². The summed E-state index contributed by atoms with van der Waals surface area (Å²) in [6.07, 6.45) is 1.64. The minimum Gasteiger partial charge on any atom is -0.316 e. The van der Waals surface area contributed by atoms with Crippen LogP contribution in [0.2, 0.25) is 0 Å². The van der Waals surface area contributed by atoms with Crippen molar-refractivity contribution in [3.05, 3.63) is 17.5 Å². The molecular formula is C12H16N4. The van der Waals surface area contributed by atoms with Crippen molar-refractivity contribution in [1.29, 1.82) is 5.26 Å². The molecule has 3 unspecified atom stereocenters. The normalized spacial score (nSPS) is 41.2. The van der Waals surface area contributed by atoms with Gasteiger partial charge in [0.1, 0.15) is 6.07 Å². The van der Waals surface area contributed by atoms with Crippen molar-refractivity contribution in [2.75, 3.05) is 13.1 Å². The van der Waals surface area contributed by atoms with Gasteiger partial charge in [0.2, 0.25) is 0 Å². The second-order valence-electron chi connectivity index (χ2n) is 5.38. The highest BCUT2D eigenvalue weighted by Crippen LogP contribution is 2.62. The quantitative estimate of drug-likeness (QED) is 0.742. The van der Waals surface area contributed by atoms with Crippen molar-refractivity contribution >= 4 is 0 Å². The molecule has 2 bridgehead atoms. The zero-order valence-electron chi connectivity index (χ0n) is 9.62. The molecular weight excluding hydrogens is 200 g/mol. The molecule has 2 fully saturated rings. The molecule has 0 spiro atoms. The molecule has 3 rings (SSSR count). The molecule has 1 aliphatic heterocycles. The monoisotopic (exact) mass is 216 g/mol. The molecule has 4 atom stereocenters. The molecule has 2 aliphatic rings. The fourth-order valence-corrected chi connectivity index (χ4v) is 3.67. The van der Waals surface area contributed by atoms with E-state index in [0.29, 0.717) is 11.8 Å². The average molecular weight is 216 g/mol. The van der Waals surface area contributed by atoms with Crippen molar-refractivity contribution < 1.29 is 0 Å². The van der Waals surface area contributed by atoms with Gasteiger partial charge in [-0.2, -0.15) is 10.4 Å². The van der Waals surface area contributed by atoms with Crippen molar-refractivity contribution in [3.63, 3.8) is 0 Å². The van der Waals surface area contributed by atoms with E-state index in [1.54, 1.807) is 6.20 Å². The summed E-state index contributed by atoms with van der Waals surface area (Å²) in [6, 6.07) is 2.23. The van der Waals surface area contributed by atoms with Crippen LogP contribution in [0.15, 0.2) is 6.20 Å². The first kappa shape index (κ1) is 9.86. The number of rotatable bonds is 1. The van der Waals surface area contributed by atoms with Gasteiger partial charge in [-0.05, 0) is 23.8 Å². The molecule has 4 nitrogen and oxygen atoms in total. The van der Waals surface area contributed by atoms with E-state index < -0.39 is 0 Å². The van der Waals surface area contributed by atoms with Crippen LogP contribution in [0, 0.1) is 28.6 Å². The Morgan fingerprint density at radius 2 is 2.44 bits per heavy atom. The lowest BCUT2D eigenvalue weighted by Crippen LogP contribution is -2.64. The van der Waals surface area contributed by atoms with Gasteiger partial charge in [0.15, 0.2) is 0 Å². The predicted octanol–water partition coefficient (Wildman–Crippen LogP) is 1.24. The zero-order chi connectivity index (χ0) is 11.3. The Kier molecular flexibility index (Phi) is 1.90. The van der Waals surface area contributed by atoms with Crippen LogP contribution in [-0.4, -0.2) is 23.3 Å². The largest absolute Gasteiger partial charge is 0.316 e. The van der Waals surface area contributed by atoms with Gasteiger partial charge in [0.05, 0.1) is 17.5 Å². The van der Waals surface area contributed by atoms with E-state index in [-0.39, 0.29) is 5.41 Å². The topological polar surface area (TPSA) is 64.5 Å². The lowest BCUT2D eigenvalue weighted by molar-refractivity contribution is -0.0831. The summed E-state index contributed by atoms with van der Waals surface area (Å²) in [5, 5.41) is 19.6. The van der Waals surface area contributed by atoms with E-state index in [4.69, 9.17) is 5.26 Å². The average Bonchev–Trinajstić information content (AvgIpc) is 2.75. The third kappa shape index (κ3) is 0.992. The first-order valence-electron chi connectivity index (χ1n) is 5.82. The maximum Gasteiger partial charge on any atom is 0.103 e. The maximum atomic E-state index is 9.06. The van der Waals surface area contributed by atoms with Crippen LogP contribution in [0.3, 0.4) is 0 Å². The molecule has 1 aromatic rings. The molecule has 0 aromatic carbocycles. The Bertz CT molecular complexity index is 458. The number of nitriles is 1. The highest BCUT2D eigenvalue weighted by molar-refractivity contribution is 5.37. The fourth-order valence-electron chi connectivity index (χ4n) is 3.67. The van der Waals surface area contributed by atoms with Gasteiger partial charge in [-0.1, -0.05) is 13.8 Å². The number of nitrogens with one attached hydrogen (secondary N) is 2. The minimum atomic E-state index is 0.279. The first-order valence-corrected chi connectivity index (χ1v) is 5.82. The number of hydrogen-bond donors (Lipinski definition) is 2. The van der Waals surface area contributed by atoms with E-state index in [2.05, 4.69) is 35.4 Å². The third-order valence-electron chi connectivity index (χ3n) is 4.81. The van der Waals surface area contributed by atoms with Gasteiger partial charge in [-0.25, -0.2) is 0 Å². The van der Waals surface area contributed by atoms with Gasteiger partial charge in [0.25, 0.3) is 0 Å². The van der Waals surface area contributed by atoms with Crippen LogP contribution in [-0.2, 0) is 0 Å². The highest BCUT2D eigenvalue weighted by Gasteiger charge is 2.60. The van der Waals surface area contributed by atoms with Crippen molar-refractivity contribution in [2.24, 2.45) is 17.3 Å². The van der Waals surface area contributed by atoms with E-state index in [0.717, 1.165) is 30.3 Å². The number of piperidine rings is 2. The summed E-state index contributed by atoms with van der Waals surface area (Å²) < 4.78 is 0. The van der Waals surface area contributed by atoms with Gasteiger partial charge in [-0.15, -0.1) is 0 Å². The molecule has 16 heavy (non-hydrogen) atoms. The smallest absolute Gasteiger partial charge is 0.103 e. The van der Waals surface area contributed by atoms with Crippen molar-refractivity contribution in [1.82, 2.24) is 15.5 Å². The Labute approximate surface area is 95.0 Å². The Balaban J connectivity index is 2.01. The van der Waals surface area contributed by atoms with Crippen LogP contribution < -0.4 is 5.32 Å². The standard InChI is InChI=1S/C12H16N4/c1-7-9-5-14-6-12(7,2)10(9)11-8(3-13)4-15-16-11/h4,7,9-10,14H,5-6H2,1-2H3,(H,15,16)/t7-,9?,10?,12?/m1/s1. The number of hydrogen-bond acceptors (Lipinski definition) is 3. The summed E-state index contributed by atoms with van der Waals surface area (Å²) in [4.78, 5) is 0. The second-order valence-corrected chi connectivity index (χ2v) is 5.38. The van der Waals surface area contributed by atoms with Crippen molar-refractivity contribution in [3.8, 4) is 6.07 Å². The first-order chi connectivity index (χ1) is 7.68. The third-order valence-corrected chi connectivity index (χ3v) is 4.81. The summed E-state index contributed by atoms with van der Waals surface area (Å²) >= 11 is 0. The fraction of sp³-hybridized carbons (Fsp3) is 0.667. The SMILES string of the molecule is C[C@@H]1C2CNCC1(C)C2c1[nH]ncc1C#N. The second kappa shape index (κ2) is 3.08. The number of H-pyrrole nitrogens is 1. The molecule has 0 amide bonds. The van der Waals surface area contributed by atoms with Gasteiger partial charge >= 0.3 is 0 Å². The maximum absolute atomic E-state index is 9.06. The van der Waals surface area contributed by atoms with E-state index >= 15 is 0 Å². The van der Waals surface area contributed by atoms with Gasteiger partial charge in [-0.3, -0.25) is 5.10 Å². The summed E-state index contributed by atoms with van der Waals surface area (Å²) in [5.74, 6) is 1.85. The summed E-state index contributed by atoms with van der Waals surface area (Å²) in [7, 11) is 0. The van der Waals surface area contributed by atoms with Crippen LogP contribution in [0.25, 0.3) is 0 Å². The molecule has 0 radical (unpaired) electrons. The van der Waals surface area contributed by atoms with Gasteiger partial charge < -0.3 is 5.32 Å². The molecule has 4 heteroatoms. The number of aromatic amines is 1. The van der Waals surface area contributed by atoms with Crippen LogP contribution >= 0.6 is 0 Å². The number of nitrogens with zero attached hydrogens (tertiary/aromatic N) is 2. The Morgan fingerprint density at radius 1 is 1.62 bits per heavy atom. The number of fused-ring (bicyclic) bond motifs is 2. The van der Waals surface area contributed by atoms with Crippen LogP contribution in [0.5, 0.6) is 0 Å². The molecule has 2 heterocycles. The molecule has 1 saturated heterocycles. The molecule has 84 valence electrons. The van der Waals surface area contributed by atoms with Crippen molar-refractivity contribution in [2.45, 2.75) is 19.8 Å². The molecule has 1 aromatic heterocycles. The lowest BCUT2D eigenvalue weighted by Gasteiger charge is -2.63. The number of aromatic nitrogens is 2. The van der Waals surface area contributed by atoms with E-state index in [1.807, 2.05) is 0 Å². The Morgan fingerprint density at radius 3 is 3.06 bits per heavy atom. The zero-order valence-corrected chi connectivity index (χ0v) is 9.62.